The smallest absolute Gasteiger partial charge is 0.237 e. The van der Waals surface area contributed by atoms with Crippen LogP contribution in [0.5, 0.6) is 0 Å². The molecule has 1 aliphatic heterocycles. The number of carbonyl (C=O) groups excluding carboxylic acids is 1. The van der Waals surface area contributed by atoms with Gasteiger partial charge in [0.15, 0.2) is 0 Å². The van der Waals surface area contributed by atoms with Crippen LogP contribution < -0.4 is 11.1 Å². The maximum Gasteiger partial charge on any atom is 0.237 e. The zero-order valence-electron chi connectivity index (χ0n) is 11.5. The highest BCUT2D eigenvalue weighted by molar-refractivity contribution is 5.81. The Morgan fingerprint density at radius 2 is 2.47 bits per heavy atom. The van der Waals surface area contributed by atoms with Crippen LogP contribution in [0, 0.1) is 0 Å². The first-order valence-corrected chi connectivity index (χ1v) is 6.98. The number of amides is 1. The quantitative estimate of drug-likeness (QED) is 0.836. The van der Waals surface area contributed by atoms with Crippen LogP contribution in [-0.4, -0.2) is 36.0 Å². The van der Waals surface area contributed by atoms with E-state index in [1.54, 1.807) is 6.26 Å². The van der Waals surface area contributed by atoms with Gasteiger partial charge in [-0.3, -0.25) is 9.69 Å². The lowest BCUT2D eigenvalue weighted by Crippen LogP contribution is -2.53. The van der Waals surface area contributed by atoms with Gasteiger partial charge in [0.05, 0.1) is 18.8 Å². The molecule has 0 spiro atoms. The Morgan fingerprint density at radius 3 is 3.16 bits per heavy atom. The summed E-state index contributed by atoms with van der Waals surface area (Å²) >= 11 is 0. The molecule has 0 aromatic carbocycles. The first kappa shape index (κ1) is 14.1. The predicted octanol–water partition coefficient (Wildman–Crippen LogP) is 1.10. The molecule has 5 nitrogen and oxygen atoms in total. The highest BCUT2D eigenvalue weighted by atomic mass is 16.3. The minimum absolute atomic E-state index is 0.0387. The van der Waals surface area contributed by atoms with Crippen molar-refractivity contribution in [1.82, 2.24) is 10.2 Å². The number of nitrogens with one attached hydrogen (secondary N) is 1. The number of likely N-dealkylation sites (tertiary alicyclic amines) is 1. The van der Waals surface area contributed by atoms with Gasteiger partial charge in [0.25, 0.3) is 0 Å². The molecule has 19 heavy (non-hydrogen) atoms. The standard InChI is InChI=1S/C14H23N3O2/c1-11(17-7-3-2-5-12(17)9-15)14(18)16-10-13-6-4-8-19-13/h4,6,8,11-12H,2-3,5,7,9-10,15H2,1H3,(H,16,18). The monoisotopic (exact) mass is 265 g/mol. The van der Waals surface area contributed by atoms with Crippen molar-refractivity contribution in [1.29, 1.82) is 0 Å². The molecule has 2 unspecified atom stereocenters. The topological polar surface area (TPSA) is 71.5 Å². The van der Waals surface area contributed by atoms with Gasteiger partial charge in [-0.25, -0.2) is 0 Å². The molecular weight excluding hydrogens is 242 g/mol. The second kappa shape index (κ2) is 6.73. The van der Waals surface area contributed by atoms with Gasteiger partial charge in [0, 0.05) is 12.6 Å². The summed E-state index contributed by atoms with van der Waals surface area (Å²) in [5.41, 5.74) is 5.79. The van der Waals surface area contributed by atoms with E-state index in [4.69, 9.17) is 10.2 Å². The fourth-order valence-electron chi connectivity index (χ4n) is 2.67. The lowest BCUT2D eigenvalue weighted by Gasteiger charge is -2.38. The molecule has 0 radical (unpaired) electrons. The number of hydrogen-bond donors (Lipinski definition) is 2. The number of carbonyl (C=O) groups is 1. The van der Waals surface area contributed by atoms with E-state index in [9.17, 15) is 4.79 Å². The van der Waals surface area contributed by atoms with E-state index < -0.39 is 0 Å². The summed E-state index contributed by atoms with van der Waals surface area (Å²) in [6, 6.07) is 3.87. The zero-order chi connectivity index (χ0) is 13.7. The molecule has 0 saturated carbocycles. The molecule has 2 rings (SSSR count). The summed E-state index contributed by atoms with van der Waals surface area (Å²) in [6.45, 7) is 3.97. The van der Waals surface area contributed by atoms with Crippen LogP contribution >= 0.6 is 0 Å². The summed E-state index contributed by atoms with van der Waals surface area (Å²) in [7, 11) is 0. The van der Waals surface area contributed by atoms with E-state index in [2.05, 4.69) is 10.2 Å². The Bertz CT molecular complexity index is 391. The van der Waals surface area contributed by atoms with Gasteiger partial charge in [-0.1, -0.05) is 6.42 Å². The predicted molar refractivity (Wildman–Crippen MR) is 73.4 cm³/mol. The third-order valence-electron chi connectivity index (χ3n) is 3.84. The molecule has 1 amide bonds. The summed E-state index contributed by atoms with van der Waals surface area (Å²) in [5.74, 6) is 0.811. The number of furan rings is 1. The first-order valence-electron chi connectivity index (χ1n) is 6.98. The second-order valence-electron chi connectivity index (χ2n) is 5.10. The van der Waals surface area contributed by atoms with Gasteiger partial charge in [0.1, 0.15) is 5.76 Å². The first-order chi connectivity index (χ1) is 9.22. The molecule has 1 saturated heterocycles. The fraction of sp³-hybridized carbons (Fsp3) is 0.643. The molecule has 1 fully saturated rings. The molecule has 2 atom stereocenters. The van der Waals surface area contributed by atoms with Crippen LogP contribution in [0.1, 0.15) is 31.9 Å². The van der Waals surface area contributed by atoms with Crippen molar-refractivity contribution in [2.75, 3.05) is 13.1 Å². The SMILES string of the molecule is CC(C(=O)NCc1ccco1)N1CCCCC1CN. The summed E-state index contributed by atoms with van der Waals surface area (Å²) in [4.78, 5) is 14.4. The normalized spacial score (nSPS) is 22.1. The number of rotatable bonds is 5. The van der Waals surface area contributed by atoms with E-state index >= 15 is 0 Å². The zero-order valence-corrected chi connectivity index (χ0v) is 11.5. The van der Waals surface area contributed by atoms with Gasteiger partial charge in [0.2, 0.25) is 5.91 Å². The van der Waals surface area contributed by atoms with Crippen LogP contribution in [0.25, 0.3) is 0 Å². The van der Waals surface area contributed by atoms with Crippen molar-refractivity contribution in [2.45, 2.75) is 44.8 Å². The molecule has 106 valence electrons. The molecule has 1 aliphatic rings. The minimum atomic E-state index is -0.135. The molecular formula is C14H23N3O2. The van der Waals surface area contributed by atoms with E-state index in [1.807, 2.05) is 19.1 Å². The fourth-order valence-corrected chi connectivity index (χ4v) is 2.67. The highest BCUT2D eigenvalue weighted by Crippen LogP contribution is 2.18. The molecule has 0 aliphatic carbocycles. The Kier molecular flexibility index (Phi) is 4.99. The van der Waals surface area contributed by atoms with Gasteiger partial charge < -0.3 is 15.5 Å². The molecule has 2 heterocycles. The van der Waals surface area contributed by atoms with Crippen LogP contribution in [0.4, 0.5) is 0 Å². The van der Waals surface area contributed by atoms with Crippen molar-refractivity contribution in [3.05, 3.63) is 24.2 Å². The number of nitrogens with two attached hydrogens (primary N) is 1. The third-order valence-corrected chi connectivity index (χ3v) is 3.84. The van der Waals surface area contributed by atoms with Crippen molar-refractivity contribution < 1.29 is 9.21 Å². The van der Waals surface area contributed by atoms with Crippen molar-refractivity contribution in [2.24, 2.45) is 5.73 Å². The van der Waals surface area contributed by atoms with E-state index in [-0.39, 0.29) is 11.9 Å². The lowest BCUT2D eigenvalue weighted by molar-refractivity contribution is -0.127. The summed E-state index contributed by atoms with van der Waals surface area (Å²) in [5, 5.41) is 2.91. The summed E-state index contributed by atoms with van der Waals surface area (Å²) < 4.78 is 5.20. The minimum Gasteiger partial charge on any atom is -0.467 e. The van der Waals surface area contributed by atoms with E-state index in [0.717, 1.165) is 25.1 Å². The van der Waals surface area contributed by atoms with E-state index in [1.165, 1.54) is 6.42 Å². The molecule has 5 heteroatoms. The number of hydrogen-bond acceptors (Lipinski definition) is 4. The second-order valence-corrected chi connectivity index (χ2v) is 5.10. The van der Waals surface area contributed by atoms with Gasteiger partial charge in [-0.05, 0) is 38.4 Å². The van der Waals surface area contributed by atoms with Crippen LogP contribution in [-0.2, 0) is 11.3 Å². The van der Waals surface area contributed by atoms with Gasteiger partial charge >= 0.3 is 0 Å². The molecule has 1 aromatic heterocycles. The molecule has 3 N–H and O–H groups in total. The van der Waals surface area contributed by atoms with Gasteiger partial charge in [-0.15, -0.1) is 0 Å². The van der Waals surface area contributed by atoms with E-state index in [0.29, 0.717) is 19.1 Å². The Morgan fingerprint density at radius 1 is 1.63 bits per heavy atom. The highest BCUT2D eigenvalue weighted by Gasteiger charge is 2.29. The van der Waals surface area contributed by atoms with Crippen molar-refractivity contribution >= 4 is 5.91 Å². The van der Waals surface area contributed by atoms with Gasteiger partial charge in [-0.2, -0.15) is 0 Å². The maximum atomic E-state index is 12.2. The third kappa shape index (κ3) is 3.58. The Hall–Kier alpha value is -1.33. The maximum absolute atomic E-state index is 12.2. The van der Waals surface area contributed by atoms with Crippen molar-refractivity contribution in [3.8, 4) is 0 Å². The molecule has 0 bridgehead atoms. The largest absolute Gasteiger partial charge is 0.467 e. The van der Waals surface area contributed by atoms with Crippen LogP contribution in [0.15, 0.2) is 22.8 Å². The average Bonchev–Trinajstić information content (AvgIpc) is 2.97. The number of nitrogens with zero attached hydrogens (tertiary/aromatic N) is 1. The summed E-state index contributed by atoms with van der Waals surface area (Å²) in [6.07, 6.45) is 5.05. The van der Waals surface area contributed by atoms with Crippen molar-refractivity contribution in [3.63, 3.8) is 0 Å². The van der Waals surface area contributed by atoms with Crippen LogP contribution in [0.2, 0.25) is 0 Å². The lowest BCUT2D eigenvalue weighted by atomic mass is 10.00. The number of piperidine rings is 1. The average molecular weight is 265 g/mol. The Labute approximate surface area is 114 Å². The van der Waals surface area contributed by atoms with Crippen LogP contribution in [0.3, 0.4) is 0 Å². The Balaban J connectivity index is 1.86. The molecule has 1 aromatic rings.